The molecule has 0 spiro atoms. The Bertz CT molecular complexity index is 703. The van der Waals surface area contributed by atoms with E-state index in [1.165, 1.54) is 12.8 Å². The Labute approximate surface area is 134 Å². The number of carbonyl (C=O) groups is 1. The Balaban J connectivity index is 1.79. The molecule has 0 atom stereocenters. The molecule has 1 aliphatic carbocycles. The Morgan fingerprint density at radius 3 is 2.73 bits per heavy atom. The van der Waals surface area contributed by atoms with Gasteiger partial charge in [-0.3, -0.25) is 9.78 Å². The summed E-state index contributed by atoms with van der Waals surface area (Å²) in [6.07, 6.45) is 4.01. The molecule has 0 saturated heterocycles. The summed E-state index contributed by atoms with van der Waals surface area (Å²) in [6, 6.07) is 8.00. The zero-order chi connectivity index (χ0) is 15.7. The van der Waals surface area contributed by atoms with Crippen molar-refractivity contribution in [2.45, 2.75) is 32.7 Å². The molecule has 5 heteroatoms. The molecule has 1 saturated carbocycles. The van der Waals surface area contributed by atoms with E-state index in [9.17, 15) is 4.79 Å². The number of aromatic nitrogens is 1. The largest absolute Gasteiger partial charge is 0.382 e. The highest BCUT2D eigenvalue weighted by Gasteiger charge is 2.21. The number of benzene rings is 1. The van der Waals surface area contributed by atoms with Crippen LogP contribution in [0.1, 0.15) is 34.5 Å². The fraction of sp³-hybridized carbons (Fsp3) is 0.294. The van der Waals surface area contributed by atoms with Gasteiger partial charge in [-0.1, -0.05) is 17.7 Å². The first-order valence-corrected chi connectivity index (χ1v) is 7.71. The zero-order valence-electron chi connectivity index (χ0n) is 12.6. The van der Waals surface area contributed by atoms with E-state index < -0.39 is 0 Å². The lowest BCUT2D eigenvalue weighted by atomic mass is 10.1. The van der Waals surface area contributed by atoms with Gasteiger partial charge in [-0.15, -0.1) is 0 Å². The molecule has 1 fully saturated rings. The maximum atomic E-state index is 12.4. The average molecular weight is 316 g/mol. The Hall–Kier alpha value is -2.07. The van der Waals surface area contributed by atoms with E-state index >= 15 is 0 Å². The van der Waals surface area contributed by atoms with E-state index in [2.05, 4.69) is 15.6 Å². The van der Waals surface area contributed by atoms with Crippen LogP contribution in [-0.2, 0) is 0 Å². The summed E-state index contributed by atoms with van der Waals surface area (Å²) < 4.78 is 0. The molecule has 4 nitrogen and oxygen atoms in total. The lowest BCUT2D eigenvalue weighted by Gasteiger charge is -2.12. The number of anilines is 2. The van der Waals surface area contributed by atoms with Crippen LogP contribution < -0.4 is 10.6 Å². The molecule has 2 N–H and O–H groups in total. The van der Waals surface area contributed by atoms with Gasteiger partial charge in [0.2, 0.25) is 0 Å². The van der Waals surface area contributed by atoms with Crippen molar-refractivity contribution in [3.63, 3.8) is 0 Å². The Morgan fingerprint density at radius 2 is 2.05 bits per heavy atom. The van der Waals surface area contributed by atoms with Gasteiger partial charge < -0.3 is 10.6 Å². The van der Waals surface area contributed by atoms with Crippen molar-refractivity contribution in [1.82, 2.24) is 4.98 Å². The van der Waals surface area contributed by atoms with Gasteiger partial charge in [0.05, 0.1) is 10.7 Å². The number of carbonyl (C=O) groups excluding carboxylic acids is 1. The monoisotopic (exact) mass is 315 g/mol. The molecule has 0 bridgehead atoms. The van der Waals surface area contributed by atoms with Gasteiger partial charge >= 0.3 is 0 Å². The van der Waals surface area contributed by atoms with Crippen LogP contribution in [0, 0.1) is 13.8 Å². The SMILES string of the molecule is Cc1cc(C)c(NC(=O)c2cc(NC3CC3)ccn2)c(Cl)c1. The number of aryl methyl sites for hydroxylation is 2. The highest BCUT2D eigenvalue weighted by atomic mass is 35.5. The van der Waals surface area contributed by atoms with Crippen LogP contribution in [0.3, 0.4) is 0 Å². The maximum Gasteiger partial charge on any atom is 0.274 e. The van der Waals surface area contributed by atoms with Gasteiger partial charge in [0, 0.05) is 17.9 Å². The normalized spacial score (nSPS) is 13.8. The number of pyridine rings is 1. The van der Waals surface area contributed by atoms with Crippen molar-refractivity contribution in [3.05, 3.63) is 52.3 Å². The first kappa shape index (κ1) is 14.9. The summed E-state index contributed by atoms with van der Waals surface area (Å²) in [4.78, 5) is 16.5. The third-order valence-electron chi connectivity index (χ3n) is 3.61. The average Bonchev–Trinajstić information content (AvgIpc) is 3.27. The zero-order valence-corrected chi connectivity index (χ0v) is 13.4. The summed E-state index contributed by atoms with van der Waals surface area (Å²) >= 11 is 6.23. The molecule has 114 valence electrons. The first-order valence-electron chi connectivity index (χ1n) is 7.33. The number of hydrogen-bond acceptors (Lipinski definition) is 3. The van der Waals surface area contributed by atoms with Crippen LogP contribution in [0.25, 0.3) is 0 Å². The topological polar surface area (TPSA) is 54.0 Å². The lowest BCUT2D eigenvalue weighted by Crippen LogP contribution is -2.15. The molecule has 2 aromatic rings. The minimum atomic E-state index is -0.256. The minimum absolute atomic E-state index is 0.256. The smallest absolute Gasteiger partial charge is 0.274 e. The van der Waals surface area contributed by atoms with Crippen LogP contribution in [-0.4, -0.2) is 16.9 Å². The first-order chi connectivity index (χ1) is 10.5. The molecule has 0 radical (unpaired) electrons. The van der Waals surface area contributed by atoms with E-state index in [-0.39, 0.29) is 5.91 Å². The number of amides is 1. The van der Waals surface area contributed by atoms with Gasteiger partial charge in [0.15, 0.2) is 0 Å². The predicted molar refractivity (Wildman–Crippen MR) is 89.8 cm³/mol. The molecule has 0 unspecified atom stereocenters. The summed E-state index contributed by atoms with van der Waals surface area (Å²) in [5, 5.41) is 6.76. The van der Waals surface area contributed by atoms with E-state index in [0.29, 0.717) is 22.4 Å². The molecule has 3 rings (SSSR count). The van der Waals surface area contributed by atoms with Crippen molar-refractivity contribution in [2.24, 2.45) is 0 Å². The van der Waals surface area contributed by atoms with Crippen molar-refractivity contribution in [3.8, 4) is 0 Å². The van der Waals surface area contributed by atoms with Gasteiger partial charge in [0.1, 0.15) is 5.69 Å². The number of rotatable bonds is 4. The Morgan fingerprint density at radius 1 is 1.27 bits per heavy atom. The maximum absolute atomic E-state index is 12.4. The predicted octanol–water partition coefficient (Wildman–Crippen LogP) is 4.18. The highest BCUT2D eigenvalue weighted by Crippen LogP contribution is 2.28. The second kappa shape index (κ2) is 5.97. The van der Waals surface area contributed by atoms with Crippen molar-refractivity contribution in [2.75, 3.05) is 10.6 Å². The molecular formula is C17H18ClN3O. The third kappa shape index (κ3) is 3.39. The fourth-order valence-corrected chi connectivity index (χ4v) is 2.73. The second-order valence-corrected chi connectivity index (χ2v) is 6.15. The van der Waals surface area contributed by atoms with Crippen LogP contribution >= 0.6 is 11.6 Å². The van der Waals surface area contributed by atoms with Crippen LogP contribution in [0.4, 0.5) is 11.4 Å². The summed E-state index contributed by atoms with van der Waals surface area (Å²) in [7, 11) is 0. The number of hydrogen-bond donors (Lipinski definition) is 2. The highest BCUT2D eigenvalue weighted by molar-refractivity contribution is 6.34. The van der Waals surface area contributed by atoms with Crippen molar-refractivity contribution >= 4 is 28.9 Å². The van der Waals surface area contributed by atoms with Gasteiger partial charge in [0.25, 0.3) is 5.91 Å². The van der Waals surface area contributed by atoms with E-state index in [4.69, 9.17) is 11.6 Å². The summed E-state index contributed by atoms with van der Waals surface area (Å²) in [6.45, 7) is 3.89. The minimum Gasteiger partial charge on any atom is -0.382 e. The Kier molecular flexibility index (Phi) is 4.03. The quantitative estimate of drug-likeness (QED) is 0.890. The third-order valence-corrected chi connectivity index (χ3v) is 3.91. The molecule has 1 amide bonds. The van der Waals surface area contributed by atoms with E-state index in [1.807, 2.05) is 32.0 Å². The summed E-state index contributed by atoms with van der Waals surface area (Å²) in [5.41, 5.74) is 3.94. The summed E-state index contributed by atoms with van der Waals surface area (Å²) in [5.74, 6) is -0.256. The van der Waals surface area contributed by atoms with Gasteiger partial charge in [-0.2, -0.15) is 0 Å². The van der Waals surface area contributed by atoms with Crippen LogP contribution in [0.15, 0.2) is 30.5 Å². The second-order valence-electron chi connectivity index (χ2n) is 5.74. The lowest BCUT2D eigenvalue weighted by molar-refractivity contribution is 0.102. The molecule has 22 heavy (non-hydrogen) atoms. The van der Waals surface area contributed by atoms with Crippen molar-refractivity contribution in [1.29, 1.82) is 0 Å². The molecular weight excluding hydrogens is 298 g/mol. The molecule has 1 aromatic heterocycles. The number of halogens is 1. The van der Waals surface area contributed by atoms with Gasteiger partial charge in [-0.25, -0.2) is 0 Å². The van der Waals surface area contributed by atoms with Crippen molar-refractivity contribution < 1.29 is 4.79 Å². The fourth-order valence-electron chi connectivity index (χ4n) is 2.36. The van der Waals surface area contributed by atoms with Gasteiger partial charge in [-0.05, 0) is 56.0 Å². The van der Waals surface area contributed by atoms with Crippen LogP contribution in [0.5, 0.6) is 0 Å². The molecule has 1 heterocycles. The van der Waals surface area contributed by atoms with E-state index in [0.717, 1.165) is 16.8 Å². The number of nitrogens with one attached hydrogen (secondary N) is 2. The molecule has 1 aromatic carbocycles. The van der Waals surface area contributed by atoms with Crippen LogP contribution in [0.2, 0.25) is 5.02 Å². The van der Waals surface area contributed by atoms with E-state index in [1.54, 1.807) is 12.3 Å². The standard InChI is InChI=1S/C17H18ClN3O/c1-10-7-11(2)16(14(18)8-10)21-17(22)15-9-13(5-6-19-15)20-12-3-4-12/h5-9,12H,3-4H2,1-2H3,(H,19,20)(H,21,22). The molecule has 0 aliphatic heterocycles. The molecule has 1 aliphatic rings. The number of nitrogens with zero attached hydrogens (tertiary/aromatic N) is 1.